The fraction of sp³-hybridized carbons (Fsp3) is 0.429. The molecule has 7 nitrogen and oxygen atoms in total. The van der Waals surface area contributed by atoms with Crippen molar-refractivity contribution in [3.63, 3.8) is 0 Å². The highest BCUT2D eigenvalue weighted by molar-refractivity contribution is 5.86. The van der Waals surface area contributed by atoms with Gasteiger partial charge in [0.05, 0.1) is 16.8 Å². The van der Waals surface area contributed by atoms with Gasteiger partial charge in [0.15, 0.2) is 0 Å². The number of benzene rings is 1. The van der Waals surface area contributed by atoms with Crippen LogP contribution < -0.4 is 5.32 Å². The first-order valence-corrected chi connectivity index (χ1v) is 6.73. The number of carboxylic acids is 1. The lowest BCUT2D eigenvalue weighted by molar-refractivity contribution is -0.384. The maximum Gasteiger partial charge on any atom is 0.307 e. The summed E-state index contributed by atoms with van der Waals surface area (Å²) in [5.41, 5.74) is 0.908. The minimum Gasteiger partial charge on any atom is -0.481 e. The van der Waals surface area contributed by atoms with Crippen LogP contribution in [0.25, 0.3) is 0 Å². The molecule has 0 saturated heterocycles. The van der Waals surface area contributed by atoms with Gasteiger partial charge in [-0.1, -0.05) is 12.1 Å². The van der Waals surface area contributed by atoms with Gasteiger partial charge in [-0.25, -0.2) is 0 Å². The van der Waals surface area contributed by atoms with E-state index in [0.717, 1.165) is 5.56 Å². The first-order valence-electron chi connectivity index (χ1n) is 6.73. The highest BCUT2D eigenvalue weighted by atomic mass is 16.6. The maximum atomic E-state index is 11.8. The molecule has 1 aliphatic rings. The lowest BCUT2D eigenvalue weighted by atomic mass is 9.73. The molecule has 2 unspecified atom stereocenters. The van der Waals surface area contributed by atoms with E-state index >= 15 is 0 Å². The van der Waals surface area contributed by atoms with Gasteiger partial charge in [-0.2, -0.15) is 0 Å². The SMILES string of the molecule is O=C(O)C1CCC1C(=O)NCCc1ccc([N+](=O)[O-])cc1. The van der Waals surface area contributed by atoms with Crippen molar-refractivity contribution in [1.82, 2.24) is 5.32 Å². The van der Waals surface area contributed by atoms with Gasteiger partial charge in [0, 0.05) is 18.7 Å². The summed E-state index contributed by atoms with van der Waals surface area (Å²) in [6, 6.07) is 6.13. The molecule has 1 aromatic rings. The van der Waals surface area contributed by atoms with E-state index < -0.39 is 22.7 Å². The van der Waals surface area contributed by atoms with Gasteiger partial charge < -0.3 is 10.4 Å². The Morgan fingerprint density at radius 3 is 2.33 bits per heavy atom. The number of non-ortho nitro benzene ring substituents is 1. The Hall–Kier alpha value is -2.44. The van der Waals surface area contributed by atoms with Crippen molar-refractivity contribution >= 4 is 17.6 Å². The molecule has 1 fully saturated rings. The van der Waals surface area contributed by atoms with Gasteiger partial charge in [0.2, 0.25) is 5.91 Å². The quantitative estimate of drug-likeness (QED) is 0.607. The molecule has 0 heterocycles. The number of rotatable bonds is 6. The molecule has 0 aliphatic heterocycles. The number of nitrogens with zero attached hydrogens (tertiary/aromatic N) is 1. The summed E-state index contributed by atoms with van der Waals surface area (Å²) in [5, 5.41) is 22.1. The van der Waals surface area contributed by atoms with Crippen molar-refractivity contribution in [2.24, 2.45) is 11.8 Å². The number of carbonyl (C=O) groups excluding carboxylic acids is 1. The van der Waals surface area contributed by atoms with E-state index in [1.165, 1.54) is 12.1 Å². The van der Waals surface area contributed by atoms with E-state index in [1.807, 2.05) is 0 Å². The van der Waals surface area contributed by atoms with Crippen LogP contribution >= 0.6 is 0 Å². The molecule has 0 aromatic heterocycles. The topological polar surface area (TPSA) is 110 Å². The summed E-state index contributed by atoms with van der Waals surface area (Å²) < 4.78 is 0. The first kappa shape index (κ1) is 15.0. The van der Waals surface area contributed by atoms with Crippen LogP contribution in [0, 0.1) is 22.0 Å². The Morgan fingerprint density at radius 1 is 1.24 bits per heavy atom. The molecule has 0 spiro atoms. The summed E-state index contributed by atoms with van der Waals surface area (Å²) in [5.74, 6) is -2.14. The molecular formula is C14H16N2O5. The molecule has 2 N–H and O–H groups in total. The number of nitro groups is 1. The van der Waals surface area contributed by atoms with Crippen molar-refractivity contribution in [3.05, 3.63) is 39.9 Å². The summed E-state index contributed by atoms with van der Waals surface area (Å²) in [4.78, 5) is 32.7. The van der Waals surface area contributed by atoms with Gasteiger partial charge in [-0.3, -0.25) is 19.7 Å². The third kappa shape index (κ3) is 3.56. The summed E-state index contributed by atoms with van der Waals surface area (Å²) in [6.45, 7) is 0.388. The van der Waals surface area contributed by atoms with Crippen LogP contribution in [0.2, 0.25) is 0 Å². The molecule has 1 amide bonds. The van der Waals surface area contributed by atoms with Crippen LogP contribution in [0.1, 0.15) is 18.4 Å². The smallest absolute Gasteiger partial charge is 0.307 e. The highest BCUT2D eigenvalue weighted by Gasteiger charge is 2.41. The lowest BCUT2D eigenvalue weighted by Crippen LogP contribution is -2.44. The average molecular weight is 292 g/mol. The number of carbonyl (C=O) groups is 2. The van der Waals surface area contributed by atoms with Crippen molar-refractivity contribution in [2.75, 3.05) is 6.54 Å². The molecule has 1 aliphatic carbocycles. The van der Waals surface area contributed by atoms with Crippen LogP contribution in [0.5, 0.6) is 0 Å². The Bertz CT molecular complexity index is 555. The van der Waals surface area contributed by atoms with Crippen LogP contribution in [0.4, 0.5) is 5.69 Å². The van der Waals surface area contributed by atoms with Gasteiger partial charge in [0.1, 0.15) is 0 Å². The Kier molecular flexibility index (Phi) is 4.52. The van der Waals surface area contributed by atoms with Crippen LogP contribution in [0.15, 0.2) is 24.3 Å². The zero-order valence-electron chi connectivity index (χ0n) is 11.3. The number of aliphatic carboxylic acids is 1. The predicted octanol–water partition coefficient (Wildman–Crippen LogP) is 1.36. The molecule has 2 rings (SSSR count). The molecule has 21 heavy (non-hydrogen) atoms. The summed E-state index contributed by atoms with van der Waals surface area (Å²) in [7, 11) is 0. The predicted molar refractivity (Wildman–Crippen MR) is 73.7 cm³/mol. The molecule has 112 valence electrons. The molecule has 7 heteroatoms. The van der Waals surface area contributed by atoms with Crippen LogP contribution in [0.3, 0.4) is 0 Å². The largest absolute Gasteiger partial charge is 0.481 e. The number of amides is 1. The van der Waals surface area contributed by atoms with Gasteiger partial charge in [0.25, 0.3) is 5.69 Å². The maximum absolute atomic E-state index is 11.8. The molecule has 1 aromatic carbocycles. The van der Waals surface area contributed by atoms with Gasteiger partial charge in [-0.05, 0) is 24.8 Å². The Morgan fingerprint density at radius 2 is 1.86 bits per heavy atom. The van der Waals surface area contributed by atoms with E-state index in [9.17, 15) is 19.7 Å². The average Bonchev–Trinajstić information content (AvgIpc) is 2.37. The monoisotopic (exact) mass is 292 g/mol. The molecule has 0 bridgehead atoms. The number of hydrogen-bond donors (Lipinski definition) is 2. The van der Waals surface area contributed by atoms with E-state index in [4.69, 9.17) is 5.11 Å². The third-order valence-electron chi connectivity index (χ3n) is 3.79. The van der Waals surface area contributed by atoms with E-state index in [-0.39, 0.29) is 11.6 Å². The summed E-state index contributed by atoms with van der Waals surface area (Å²) >= 11 is 0. The Labute approximate surface area is 121 Å². The molecular weight excluding hydrogens is 276 g/mol. The normalized spacial score (nSPS) is 20.4. The molecule has 1 saturated carbocycles. The fourth-order valence-electron chi connectivity index (χ4n) is 2.35. The molecule has 0 radical (unpaired) electrons. The minimum atomic E-state index is -0.920. The Balaban J connectivity index is 1.77. The zero-order chi connectivity index (χ0) is 15.4. The molecule has 2 atom stereocenters. The van der Waals surface area contributed by atoms with Crippen molar-refractivity contribution < 1.29 is 19.6 Å². The number of hydrogen-bond acceptors (Lipinski definition) is 4. The number of nitrogens with one attached hydrogen (secondary N) is 1. The van der Waals surface area contributed by atoms with Crippen LogP contribution in [-0.4, -0.2) is 28.5 Å². The van der Waals surface area contributed by atoms with Gasteiger partial charge >= 0.3 is 5.97 Å². The fourth-order valence-corrected chi connectivity index (χ4v) is 2.35. The number of carboxylic acid groups (broad SMARTS) is 1. The lowest BCUT2D eigenvalue weighted by Gasteiger charge is -2.31. The number of nitro benzene ring substituents is 1. The van der Waals surface area contributed by atoms with E-state index in [1.54, 1.807) is 12.1 Å². The van der Waals surface area contributed by atoms with Gasteiger partial charge in [-0.15, -0.1) is 0 Å². The first-order chi connectivity index (χ1) is 9.99. The second kappa shape index (κ2) is 6.34. The van der Waals surface area contributed by atoms with Crippen molar-refractivity contribution in [2.45, 2.75) is 19.3 Å². The van der Waals surface area contributed by atoms with Crippen LogP contribution in [-0.2, 0) is 16.0 Å². The third-order valence-corrected chi connectivity index (χ3v) is 3.79. The minimum absolute atomic E-state index is 0.0292. The summed E-state index contributed by atoms with van der Waals surface area (Å²) in [6.07, 6.45) is 1.71. The van der Waals surface area contributed by atoms with Crippen molar-refractivity contribution in [1.29, 1.82) is 0 Å². The van der Waals surface area contributed by atoms with Crippen molar-refractivity contribution in [3.8, 4) is 0 Å². The second-order valence-electron chi connectivity index (χ2n) is 5.09. The zero-order valence-corrected chi connectivity index (χ0v) is 11.3. The van der Waals surface area contributed by atoms with E-state index in [0.29, 0.717) is 25.8 Å². The standard InChI is InChI=1S/C14H16N2O5/c17-13(11-5-6-12(11)14(18)19)15-8-7-9-1-3-10(4-2-9)16(20)21/h1-4,11-12H,5-8H2,(H,15,17)(H,18,19). The van der Waals surface area contributed by atoms with E-state index in [2.05, 4.69) is 5.32 Å². The second-order valence-corrected chi connectivity index (χ2v) is 5.09. The highest BCUT2D eigenvalue weighted by Crippen LogP contribution is 2.34.